The van der Waals surface area contributed by atoms with Crippen molar-refractivity contribution in [1.29, 1.82) is 0 Å². The van der Waals surface area contributed by atoms with Gasteiger partial charge in [0.2, 0.25) is 11.2 Å². The highest BCUT2D eigenvalue weighted by molar-refractivity contribution is 5.90. The summed E-state index contributed by atoms with van der Waals surface area (Å²) in [7, 11) is 1.29. The zero-order valence-electron chi connectivity index (χ0n) is 19.1. The molecule has 2 aromatic carbocycles. The van der Waals surface area contributed by atoms with Crippen LogP contribution >= 0.6 is 0 Å². The molecule has 174 valence electrons. The molecule has 1 aromatic heterocycles. The Kier molecular flexibility index (Phi) is 7.01. The fourth-order valence-electron chi connectivity index (χ4n) is 3.55. The summed E-state index contributed by atoms with van der Waals surface area (Å²) in [5, 5.41) is 40.7. The molecule has 0 bridgehead atoms. The minimum Gasteiger partial charge on any atom is -0.507 e. The fraction of sp³-hybridized carbons (Fsp3) is 0.269. The molecule has 0 saturated heterocycles. The molecule has 0 saturated carbocycles. The molecule has 0 spiro atoms. The van der Waals surface area contributed by atoms with E-state index in [0.29, 0.717) is 0 Å². The van der Waals surface area contributed by atoms with Crippen molar-refractivity contribution >= 4 is 11.0 Å². The van der Waals surface area contributed by atoms with E-state index in [1.807, 2.05) is 26.8 Å². The summed E-state index contributed by atoms with van der Waals surface area (Å²) in [5.41, 5.74) is 2.18. The summed E-state index contributed by atoms with van der Waals surface area (Å²) in [5.74, 6) is -1.48. The Balaban J connectivity index is 2.09. The Hall–Kier alpha value is -3.87. The van der Waals surface area contributed by atoms with Crippen LogP contribution in [-0.2, 0) is 6.42 Å². The highest BCUT2D eigenvalue weighted by Gasteiger charge is 2.23. The lowest BCUT2D eigenvalue weighted by atomic mass is 10.0. The molecule has 0 aliphatic rings. The zero-order valence-corrected chi connectivity index (χ0v) is 19.1. The summed E-state index contributed by atoms with van der Waals surface area (Å²) in [4.78, 5) is 13.2. The first-order chi connectivity index (χ1) is 15.6. The van der Waals surface area contributed by atoms with E-state index >= 15 is 0 Å². The molecule has 0 aliphatic carbocycles. The Morgan fingerprint density at radius 3 is 2.36 bits per heavy atom. The van der Waals surface area contributed by atoms with Crippen molar-refractivity contribution in [1.82, 2.24) is 0 Å². The maximum atomic E-state index is 13.2. The van der Waals surface area contributed by atoms with Gasteiger partial charge in [0, 0.05) is 17.2 Å². The third kappa shape index (κ3) is 4.98. The number of rotatable bonds is 7. The predicted octanol–water partition coefficient (Wildman–Crippen LogP) is 5.53. The monoisotopic (exact) mass is 452 g/mol. The quantitative estimate of drug-likeness (QED) is 0.275. The second kappa shape index (κ2) is 9.73. The Morgan fingerprint density at radius 2 is 1.73 bits per heavy atom. The average molecular weight is 453 g/mol. The van der Waals surface area contributed by atoms with Crippen molar-refractivity contribution in [3.63, 3.8) is 0 Å². The van der Waals surface area contributed by atoms with Gasteiger partial charge in [0.05, 0.1) is 7.11 Å². The number of allylic oxidation sites excluding steroid dienone is 4. The van der Waals surface area contributed by atoms with Gasteiger partial charge in [0.1, 0.15) is 22.5 Å². The van der Waals surface area contributed by atoms with Gasteiger partial charge in [-0.05, 0) is 58.2 Å². The number of hydrogen-bond donors (Lipinski definition) is 4. The maximum Gasteiger partial charge on any atom is 0.239 e. The summed E-state index contributed by atoms with van der Waals surface area (Å²) < 4.78 is 11.1. The number of benzene rings is 2. The maximum absolute atomic E-state index is 13.2. The van der Waals surface area contributed by atoms with E-state index in [1.165, 1.54) is 36.9 Å². The lowest BCUT2D eigenvalue weighted by molar-refractivity contribution is 0.395. The van der Waals surface area contributed by atoms with Gasteiger partial charge in [0.15, 0.2) is 17.3 Å². The predicted molar refractivity (Wildman–Crippen MR) is 127 cm³/mol. The number of methoxy groups -OCH3 is 1. The van der Waals surface area contributed by atoms with Crippen LogP contribution in [0.1, 0.15) is 39.2 Å². The Morgan fingerprint density at radius 1 is 1.00 bits per heavy atom. The molecule has 3 aromatic rings. The van der Waals surface area contributed by atoms with Crippen LogP contribution < -0.4 is 10.2 Å². The first-order valence-electron chi connectivity index (χ1n) is 10.5. The number of hydrogen-bond acceptors (Lipinski definition) is 7. The molecule has 7 nitrogen and oxygen atoms in total. The summed E-state index contributed by atoms with van der Waals surface area (Å²) in [6.45, 7) is 6.06. The van der Waals surface area contributed by atoms with Crippen LogP contribution in [0, 0.1) is 0 Å². The normalized spacial score (nSPS) is 11.6. The Labute approximate surface area is 191 Å². The van der Waals surface area contributed by atoms with Crippen LogP contribution in [-0.4, -0.2) is 27.5 Å². The van der Waals surface area contributed by atoms with E-state index in [0.717, 1.165) is 18.4 Å². The van der Waals surface area contributed by atoms with E-state index in [1.54, 1.807) is 0 Å². The molecule has 33 heavy (non-hydrogen) atoms. The minimum atomic E-state index is -0.621. The van der Waals surface area contributed by atoms with Crippen molar-refractivity contribution < 1.29 is 29.6 Å². The number of fused-ring (bicyclic) bond motifs is 1. The first-order valence-corrected chi connectivity index (χ1v) is 10.5. The van der Waals surface area contributed by atoms with Gasteiger partial charge in [0.25, 0.3) is 0 Å². The van der Waals surface area contributed by atoms with Crippen molar-refractivity contribution in [2.75, 3.05) is 7.11 Å². The van der Waals surface area contributed by atoms with E-state index in [9.17, 15) is 25.2 Å². The van der Waals surface area contributed by atoms with E-state index in [4.69, 9.17) is 9.15 Å². The SMILES string of the molecule is COc1c(-c2ccc(O)c(O)c2)oc2cc(O)c(CC=C(C)CCC=C(C)C)c(O)c2c1=O. The van der Waals surface area contributed by atoms with Gasteiger partial charge in [-0.2, -0.15) is 0 Å². The summed E-state index contributed by atoms with van der Waals surface area (Å²) >= 11 is 0. The fourth-order valence-corrected chi connectivity index (χ4v) is 3.55. The third-order valence-corrected chi connectivity index (χ3v) is 5.39. The highest BCUT2D eigenvalue weighted by Crippen LogP contribution is 2.40. The third-order valence-electron chi connectivity index (χ3n) is 5.39. The second-order valence-corrected chi connectivity index (χ2v) is 8.17. The van der Waals surface area contributed by atoms with Crippen LogP contribution in [0.4, 0.5) is 0 Å². The Bertz CT molecular complexity index is 1310. The van der Waals surface area contributed by atoms with Crippen LogP contribution in [0.25, 0.3) is 22.3 Å². The number of phenolic OH excluding ortho intramolecular Hbond substituents is 4. The van der Waals surface area contributed by atoms with E-state index < -0.39 is 11.2 Å². The van der Waals surface area contributed by atoms with Crippen LogP contribution in [0.2, 0.25) is 0 Å². The largest absolute Gasteiger partial charge is 0.507 e. The highest BCUT2D eigenvalue weighted by atomic mass is 16.5. The van der Waals surface area contributed by atoms with Gasteiger partial charge in [-0.15, -0.1) is 0 Å². The van der Waals surface area contributed by atoms with E-state index in [2.05, 4.69) is 6.08 Å². The lowest BCUT2D eigenvalue weighted by Crippen LogP contribution is -2.08. The van der Waals surface area contributed by atoms with Crippen molar-refractivity contribution in [3.8, 4) is 40.1 Å². The molecular formula is C26H28O7. The summed E-state index contributed by atoms with van der Waals surface area (Å²) in [6.07, 6.45) is 6.04. The molecule has 1 heterocycles. The van der Waals surface area contributed by atoms with E-state index in [-0.39, 0.29) is 57.3 Å². The molecule has 0 fully saturated rings. The van der Waals surface area contributed by atoms with Crippen molar-refractivity contribution in [3.05, 3.63) is 63.4 Å². The number of aromatic hydroxyl groups is 4. The van der Waals surface area contributed by atoms with Gasteiger partial charge < -0.3 is 29.6 Å². The number of phenols is 4. The lowest BCUT2D eigenvalue weighted by Gasteiger charge is -2.13. The van der Waals surface area contributed by atoms with Crippen molar-refractivity contribution in [2.24, 2.45) is 0 Å². The topological polar surface area (TPSA) is 120 Å². The molecule has 0 atom stereocenters. The van der Waals surface area contributed by atoms with Gasteiger partial charge >= 0.3 is 0 Å². The van der Waals surface area contributed by atoms with Crippen LogP contribution in [0.5, 0.6) is 28.7 Å². The molecule has 7 heteroatoms. The number of ether oxygens (including phenoxy) is 1. The molecule has 4 N–H and O–H groups in total. The first kappa shape index (κ1) is 23.8. The second-order valence-electron chi connectivity index (χ2n) is 8.17. The molecule has 0 radical (unpaired) electrons. The van der Waals surface area contributed by atoms with Crippen LogP contribution in [0.3, 0.4) is 0 Å². The standard InChI is InChI=1S/C26H28O7/c1-14(2)6-5-7-15(3)8-10-17-19(28)13-21-22(23(17)30)24(31)26(32-4)25(33-21)16-9-11-18(27)20(29)12-16/h6,8-9,11-13,27-30H,5,7,10H2,1-4H3. The summed E-state index contributed by atoms with van der Waals surface area (Å²) in [6, 6.07) is 5.19. The zero-order chi connectivity index (χ0) is 24.3. The molecular weight excluding hydrogens is 424 g/mol. The molecule has 3 rings (SSSR count). The van der Waals surface area contributed by atoms with Gasteiger partial charge in [-0.1, -0.05) is 23.3 Å². The molecule has 0 amide bonds. The average Bonchev–Trinajstić information content (AvgIpc) is 2.74. The van der Waals surface area contributed by atoms with Crippen molar-refractivity contribution in [2.45, 2.75) is 40.0 Å². The smallest absolute Gasteiger partial charge is 0.239 e. The van der Waals surface area contributed by atoms with Gasteiger partial charge in [-0.25, -0.2) is 0 Å². The van der Waals surface area contributed by atoms with Crippen LogP contribution in [0.15, 0.2) is 56.8 Å². The molecule has 0 aliphatic heterocycles. The molecule has 0 unspecified atom stereocenters. The minimum absolute atomic E-state index is 0.00753. The van der Waals surface area contributed by atoms with Gasteiger partial charge in [-0.3, -0.25) is 4.79 Å².